The van der Waals surface area contributed by atoms with Gasteiger partial charge in [-0.15, -0.1) is 5.10 Å². The van der Waals surface area contributed by atoms with E-state index in [4.69, 9.17) is 0 Å². The van der Waals surface area contributed by atoms with Gasteiger partial charge in [0.05, 0.1) is 18.1 Å². The first-order valence-corrected chi connectivity index (χ1v) is 7.35. The molecule has 24 heavy (non-hydrogen) atoms. The van der Waals surface area contributed by atoms with Crippen molar-refractivity contribution in [3.05, 3.63) is 42.2 Å². The van der Waals surface area contributed by atoms with Gasteiger partial charge < -0.3 is 10.0 Å². The second-order valence-electron chi connectivity index (χ2n) is 5.72. The molecule has 1 N–H and O–H groups in total. The van der Waals surface area contributed by atoms with E-state index in [1.807, 2.05) is 0 Å². The fourth-order valence-electron chi connectivity index (χ4n) is 2.65. The average Bonchev–Trinajstić information content (AvgIpc) is 3.08. The smallest absolute Gasteiger partial charge is 0.380 e. The topological polar surface area (TPSA) is 71.2 Å². The highest BCUT2D eigenvalue weighted by Gasteiger charge is 2.54. The van der Waals surface area contributed by atoms with Gasteiger partial charge in [-0.25, -0.2) is 4.68 Å². The van der Waals surface area contributed by atoms with Gasteiger partial charge in [-0.2, -0.15) is 13.2 Å². The van der Waals surface area contributed by atoms with Gasteiger partial charge in [0, 0.05) is 31.5 Å². The number of hydrogen-bond acceptors (Lipinski definition) is 4. The molecule has 0 aliphatic carbocycles. The molecule has 1 aromatic carbocycles. The van der Waals surface area contributed by atoms with E-state index in [1.54, 1.807) is 30.5 Å². The summed E-state index contributed by atoms with van der Waals surface area (Å²) in [4.78, 5) is 13.7. The predicted molar refractivity (Wildman–Crippen MR) is 77.5 cm³/mol. The van der Waals surface area contributed by atoms with Crippen LogP contribution in [-0.4, -0.2) is 55.8 Å². The van der Waals surface area contributed by atoms with Crippen molar-refractivity contribution in [3.8, 4) is 5.69 Å². The number of amides is 1. The monoisotopic (exact) mass is 340 g/mol. The van der Waals surface area contributed by atoms with Crippen molar-refractivity contribution < 1.29 is 23.1 Å². The van der Waals surface area contributed by atoms with Gasteiger partial charge in [-0.3, -0.25) is 4.79 Å². The summed E-state index contributed by atoms with van der Waals surface area (Å²) in [5, 5.41) is 17.2. The van der Waals surface area contributed by atoms with Crippen LogP contribution in [0.4, 0.5) is 13.2 Å². The number of nitrogens with zero attached hydrogens (tertiary/aromatic N) is 4. The number of alkyl halides is 3. The van der Waals surface area contributed by atoms with Gasteiger partial charge in [0.15, 0.2) is 5.60 Å². The summed E-state index contributed by atoms with van der Waals surface area (Å²) < 4.78 is 39.9. The largest absolute Gasteiger partial charge is 0.417 e. The van der Waals surface area contributed by atoms with Crippen LogP contribution in [0.2, 0.25) is 0 Å². The van der Waals surface area contributed by atoms with Crippen molar-refractivity contribution in [2.45, 2.75) is 24.6 Å². The Morgan fingerprint density at radius 2 is 1.79 bits per heavy atom. The van der Waals surface area contributed by atoms with Crippen LogP contribution < -0.4 is 0 Å². The lowest BCUT2D eigenvalue weighted by atomic mass is 9.90. The predicted octanol–water partition coefficient (Wildman–Crippen LogP) is 1.80. The third kappa shape index (κ3) is 2.99. The quantitative estimate of drug-likeness (QED) is 0.905. The average molecular weight is 340 g/mol. The summed E-state index contributed by atoms with van der Waals surface area (Å²) >= 11 is 0. The standard InChI is InChI=1S/C15H15F3N4O2/c16-15(17,18)14(24)5-8-21(9-6-14)13(23)11-1-3-12(4-2-11)22-10-7-19-20-22/h1-4,7,10,24H,5-6,8-9H2. The maximum absolute atomic E-state index is 12.8. The van der Waals surface area contributed by atoms with Crippen LogP contribution in [0.1, 0.15) is 23.2 Å². The van der Waals surface area contributed by atoms with Crippen molar-refractivity contribution in [1.29, 1.82) is 0 Å². The zero-order chi connectivity index (χ0) is 17.4. The van der Waals surface area contributed by atoms with Crippen LogP contribution in [-0.2, 0) is 0 Å². The number of benzene rings is 1. The minimum atomic E-state index is -4.68. The molecule has 0 unspecified atom stereocenters. The van der Waals surface area contributed by atoms with Crippen LogP contribution in [0, 0.1) is 0 Å². The van der Waals surface area contributed by atoms with Crippen molar-refractivity contribution in [2.24, 2.45) is 0 Å². The van der Waals surface area contributed by atoms with E-state index in [1.165, 1.54) is 15.8 Å². The van der Waals surface area contributed by atoms with E-state index < -0.39 is 24.6 Å². The number of hydrogen-bond donors (Lipinski definition) is 1. The fraction of sp³-hybridized carbons (Fsp3) is 0.400. The van der Waals surface area contributed by atoms with Gasteiger partial charge in [0.25, 0.3) is 5.91 Å². The number of aliphatic hydroxyl groups is 1. The van der Waals surface area contributed by atoms with Crippen LogP contribution >= 0.6 is 0 Å². The zero-order valence-electron chi connectivity index (χ0n) is 12.6. The van der Waals surface area contributed by atoms with Gasteiger partial charge in [0.2, 0.25) is 0 Å². The molecule has 0 bridgehead atoms. The van der Waals surface area contributed by atoms with Gasteiger partial charge >= 0.3 is 6.18 Å². The number of piperidine rings is 1. The minimum absolute atomic E-state index is 0.139. The van der Waals surface area contributed by atoms with E-state index in [0.29, 0.717) is 11.3 Å². The van der Waals surface area contributed by atoms with E-state index in [9.17, 15) is 23.1 Å². The van der Waals surface area contributed by atoms with Crippen molar-refractivity contribution in [1.82, 2.24) is 19.9 Å². The Bertz CT molecular complexity index is 705. The molecule has 1 aromatic heterocycles. The molecule has 1 aliphatic heterocycles. The molecular weight excluding hydrogens is 325 g/mol. The molecule has 0 saturated carbocycles. The lowest BCUT2D eigenvalue weighted by Crippen LogP contribution is -2.54. The van der Waals surface area contributed by atoms with E-state index in [-0.39, 0.29) is 19.0 Å². The Kier molecular flexibility index (Phi) is 4.04. The second-order valence-corrected chi connectivity index (χ2v) is 5.72. The Labute approximate surface area is 135 Å². The molecule has 0 radical (unpaired) electrons. The van der Waals surface area contributed by atoms with Crippen LogP contribution in [0.5, 0.6) is 0 Å². The third-order valence-electron chi connectivity index (χ3n) is 4.21. The van der Waals surface area contributed by atoms with Gasteiger partial charge in [-0.05, 0) is 24.3 Å². The van der Waals surface area contributed by atoms with Crippen LogP contribution in [0.15, 0.2) is 36.7 Å². The number of carbonyl (C=O) groups is 1. The summed E-state index contributed by atoms with van der Waals surface area (Å²) in [6.07, 6.45) is -2.53. The summed E-state index contributed by atoms with van der Waals surface area (Å²) in [5.41, 5.74) is -1.62. The van der Waals surface area contributed by atoms with Gasteiger partial charge in [-0.1, -0.05) is 5.21 Å². The Balaban J connectivity index is 1.68. The third-order valence-corrected chi connectivity index (χ3v) is 4.21. The molecule has 6 nitrogen and oxygen atoms in total. The van der Waals surface area contributed by atoms with Crippen molar-refractivity contribution >= 4 is 5.91 Å². The number of rotatable bonds is 2. The molecule has 0 spiro atoms. The highest BCUT2D eigenvalue weighted by molar-refractivity contribution is 5.94. The molecular formula is C15H15F3N4O2. The molecule has 2 heterocycles. The Morgan fingerprint density at radius 3 is 2.29 bits per heavy atom. The summed E-state index contributed by atoms with van der Waals surface area (Å²) in [6, 6.07) is 6.53. The summed E-state index contributed by atoms with van der Waals surface area (Å²) in [7, 11) is 0. The first-order chi connectivity index (χ1) is 11.3. The lowest BCUT2D eigenvalue weighted by Gasteiger charge is -2.39. The maximum atomic E-state index is 12.8. The summed E-state index contributed by atoms with van der Waals surface area (Å²) in [5.74, 6) is -0.357. The molecule has 1 amide bonds. The SMILES string of the molecule is O=C(c1ccc(-n2ccnn2)cc1)N1CCC(O)(C(F)(F)F)CC1. The summed E-state index contributed by atoms with van der Waals surface area (Å²) in [6.45, 7) is -0.278. The molecule has 2 aromatic rings. The fourth-order valence-corrected chi connectivity index (χ4v) is 2.65. The number of carbonyl (C=O) groups excluding carboxylic acids is 1. The molecule has 3 rings (SSSR count). The molecule has 128 valence electrons. The van der Waals surface area contributed by atoms with E-state index in [0.717, 1.165) is 0 Å². The normalized spacial score (nSPS) is 17.8. The zero-order valence-corrected chi connectivity index (χ0v) is 12.6. The Morgan fingerprint density at radius 1 is 1.17 bits per heavy atom. The van der Waals surface area contributed by atoms with E-state index in [2.05, 4.69) is 10.3 Å². The first kappa shape index (κ1) is 16.4. The molecule has 9 heteroatoms. The molecule has 0 atom stereocenters. The number of likely N-dealkylation sites (tertiary alicyclic amines) is 1. The highest BCUT2D eigenvalue weighted by Crippen LogP contribution is 2.38. The van der Waals surface area contributed by atoms with Crippen molar-refractivity contribution in [2.75, 3.05) is 13.1 Å². The minimum Gasteiger partial charge on any atom is -0.380 e. The Hall–Kier alpha value is -2.42. The van der Waals surface area contributed by atoms with Gasteiger partial charge in [0.1, 0.15) is 0 Å². The maximum Gasteiger partial charge on any atom is 0.417 e. The molecule has 1 fully saturated rings. The molecule has 1 saturated heterocycles. The van der Waals surface area contributed by atoms with Crippen molar-refractivity contribution in [3.63, 3.8) is 0 Å². The number of aromatic nitrogens is 3. The van der Waals surface area contributed by atoms with Crippen LogP contribution in [0.3, 0.4) is 0 Å². The second kappa shape index (κ2) is 5.90. The van der Waals surface area contributed by atoms with Crippen LogP contribution in [0.25, 0.3) is 5.69 Å². The number of halogens is 3. The highest BCUT2D eigenvalue weighted by atomic mass is 19.4. The van der Waals surface area contributed by atoms with E-state index >= 15 is 0 Å². The lowest BCUT2D eigenvalue weighted by molar-refractivity contribution is -0.271. The first-order valence-electron chi connectivity index (χ1n) is 7.35. The molecule has 1 aliphatic rings.